The molecule has 4 rings (SSSR count). The van der Waals surface area contributed by atoms with E-state index in [9.17, 15) is 24.0 Å². The van der Waals surface area contributed by atoms with Crippen LogP contribution in [-0.4, -0.2) is 57.2 Å². The summed E-state index contributed by atoms with van der Waals surface area (Å²) in [4.78, 5) is 62.3. The molecule has 3 amide bonds. The average molecular weight is 556 g/mol. The van der Waals surface area contributed by atoms with Gasteiger partial charge in [-0.15, -0.1) is 0 Å². The van der Waals surface area contributed by atoms with E-state index in [1.165, 1.54) is 6.92 Å². The highest BCUT2D eigenvalue weighted by Gasteiger charge is 2.66. The van der Waals surface area contributed by atoms with E-state index in [4.69, 9.17) is 4.74 Å². The van der Waals surface area contributed by atoms with Gasteiger partial charge in [-0.1, -0.05) is 31.9 Å². The van der Waals surface area contributed by atoms with Crippen LogP contribution in [-0.2, 0) is 23.9 Å². The molecule has 6 atom stereocenters. The lowest BCUT2D eigenvalue weighted by atomic mass is 9.81. The number of amides is 3. The molecule has 1 aliphatic heterocycles. The van der Waals surface area contributed by atoms with Crippen LogP contribution < -0.4 is 5.32 Å². The van der Waals surface area contributed by atoms with Gasteiger partial charge in [-0.3, -0.25) is 28.9 Å². The highest BCUT2D eigenvalue weighted by atomic mass is 79.9. The number of Topliss-reactive ketones (excluding diaryl/α,β-unsaturated/α-hetero) is 1. The number of ether oxygens (including phenoxy) is 1. The molecular weight excluding hydrogens is 536 g/mol. The number of rotatable bonds is 6. The van der Waals surface area contributed by atoms with Crippen molar-refractivity contribution in [1.29, 1.82) is 0 Å². The summed E-state index contributed by atoms with van der Waals surface area (Å²) in [6.07, 6.45) is 0.810. The van der Waals surface area contributed by atoms with E-state index in [0.29, 0.717) is 11.3 Å². The fourth-order valence-corrected chi connectivity index (χ4v) is 6.75. The first-order valence-electron chi connectivity index (χ1n) is 9.89. The smallest absolute Gasteiger partial charge is 0.326 e. The summed E-state index contributed by atoms with van der Waals surface area (Å²) < 4.78 is 4.96. The van der Waals surface area contributed by atoms with Crippen molar-refractivity contribution in [3.63, 3.8) is 0 Å². The highest BCUT2D eigenvalue weighted by Crippen LogP contribution is 2.60. The number of nitrogens with one attached hydrogen (secondary N) is 1. The molecule has 8 nitrogen and oxygen atoms in total. The first kappa shape index (κ1) is 22.1. The van der Waals surface area contributed by atoms with Crippen LogP contribution in [0.2, 0.25) is 0 Å². The summed E-state index contributed by atoms with van der Waals surface area (Å²) >= 11 is 7.23. The highest BCUT2D eigenvalue weighted by molar-refractivity contribution is 9.12. The maximum absolute atomic E-state index is 12.8. The summed E-state index contributed by atoms with van der Waals surface area (Å²) in [5, 5.41) is 2.55. The van der Waals surface area contributed by atoms with Gasteiger partial charge in [-0.2, -0.15) is 0 Å². The van der Waals surface area contributed by atoms with Crippen molar-refractivity contribution in [3.8, 4) is 0 Å². The van der Waals surface area contributed by atoms with Crippen LogP contribution in [0.25, 0.3) is 0 Å². The number of halogens is 2. The Hall–Kier alpha value is -2.07. The van der Waals surface area contributed by atoms with Crippen LogP contribution in [0.4, 0.5) is 5.69 Å². The molecule has 1 saturated heterocycles. The minimum absolute atomic E-state index is 0.0667. The quantitative estimate of drug-likeness (QED) is 0.249. The summed E-state index contributed by atoms with van der Waals surface area (Å²) in [6.45, 7) is 0.399. The largest absolute Gasteiger partial charge is 0.454 e. The Labute approximate surface area is 195 Å². The number of esters is 1. The zero-order valence-corrected chi connectivity index (χ0v) is 19.7. The Balaban J connectivity index is 1.29. The van der Waals surface area contributed by atoms with Crippen LogP contribution in [0.1, 0.15) is 23.7 Å². The zero-order valence-electron chi connectivity index (χ0n) is 16.5. The standard InChI is InChI=1S/C21H20Br2N2O6/c1-9(26)10-2-4-11(5-3-10)24-14(27)8-31-15(28)7-25-20(29)16-12-6-13(17(16)21(25)30)19(23)18(12)22/h2-5,12-13,16-19H,6-8H2,1H3,(H,24,27)/t12-,13-,16-,17-,18-,19+/m1/s1. The molecule has 0 spiro atoms. The zero-order chi connectivity index (χ0) is 22.4. The number of ketones is 1. The van der Waals surface area contributed by atoms with E-state index in [2.05, 4.69) is 37.2 Å². The van der Waals surface area contributed by atoms with Crippen LogP contribution in [0.5, 0.6) is 0 Å². The summed E-state index contributed by atoms with van der Waals surface area (Å²) in [7, 11) is 0. The van der Waals surface area contributed by atoms with E-state index in [0.717, 1.165) is 11.3 Å². The fourth-order valence-electron chi connectivity index (χ4n) is 4.87. The van der Waals surface area contributed by atoms with Crippen molar-refractivity contribution in [2.45, 2.75) is 23.0 Å². The maximum Gasteiger partial charge on any atom is 0.326 e. The number of hydrogen-bond acceptors (Lipinski definition) is 6. The van der Waals surface area contributed by atoms with E-state index in [1.807, 2.05) is 0 Å². The number of likely N-dealkylation sites (tertiary alicyclic amines) is 1. The van der Waals surface area contributed by atoms with Crippen LogP contribution in [0.3, 0.4) is 0 Å². The van der Waals surface area contributed by atoms with Crippen molar-refractivity contribution >= 4 is 67.0 Å². The first-order chi connectivity index (χ1) is 14.7. The van der Waals surface area contributed by atoms with Gasteiger partial charge in [0.1, 0.15) is 6.54 Å². The average Bonchev–Trinajstić information content (AvgIpc) is 3.33. The third kappa shape index (κ3) is 3.95. The molecule has 164 valence electrons. The molecule has 1 heterocycles. The van der Waals surface area contributed by atoms with Gasteiger partial charge in [0.05, 0.1) is 11.8 Å². The Kier molecular flexibility index (Phi) is 6.04. The second kappa shape index (κ2) is 8.46. The van der Waals surface area contributed by atoms with Gasteiger partial charge >= 0.3 is 5.97 Å². The van der Waals surface area contributed by atoms with Crippen molar-refractivity contribution in [1.82, 2.24) is 4.90 Å². The van der Waals surface area contributed by atoms with Gasteiger partial charge < -0.3 is 10.1 Å². The lowest BCUT2D eigenvalue weighted by Gasteiger charge is -2.28. The Bertz CT molecular complexity index is 933. The number of fused-ring (bicyclic) bond motifs is 5. The lowest BCUT2D eigenvalue weighted by Crippen LogP contribution is -2.38. The number of anilines is 1. The molecule has 2 bridgehead atoms. The van der Waals surface area contributed by atoms with E-state index < -0.39 is 36.9 Å². The Morgan fingerprint density at radius 1 is 1.03 bits per heavy atom. The molecule has 1 aromatic rings. The summed E-state index contributed by atoms with van der Waals surface area (Å²) in [5.74, 6) is -2.81. The number of alkyl halides is 2. The number of imide groups is 1. The predicted molar refractivity (Wildman–Crippen MR) is 117 cm³/mol. The van der Waals surface area contributed by atoms with Gasteiger partial charge in [0.15, 0.2) is 12.4 Å². The van der Waals surface area contributed by atoms with E-state index in [-0.39, 0.29) is 39.1 Å². The third-order valence-corrected chi connectivity index (χ3v) is 9.51. The Morgan fingerprint density at radius 2 is 1.58 bits per heavy atom. The maximum atomic E-state index is 12.8. The molecule has 0 radical (unpaired) electrons. The topological polar surface area (TPSA) is 110 Å². The van der Waals surface area contributed by atoms with Crippen LogP contribution in [0, 0.1) is 23.7 Å². The minimum atomic E-state index is -0.818. The molecule has 10 heteroatoms. The molecule has 3 fully saturated rings. The van der Waals surface area contributed by atoms with Gasteiger partial charge in [-0.05, 0) is 49.4 Å². The van der Waals surface area contributed by atoms with Crippen molar-refractivity contribution < 1.29 is 28.7 Å². The number of carbonyl (C=O) groups excluding carboxylic acids is 5. The monoisotopic (exact) mass is 554 g/mol. The fraction of sp³-hybridized carbons (Fsp3) is 0.476. The second-order valence-corrected chi connectivity index (χ2v) is 10.2. The van der Waals surface area contributed by atoms with Crippen molar-refractivity contribution in [3.05, 3.63) is 29.8 Å². The molecule has 31 heavy (non-hydrogen) atoms. The van der Waals surface area contributed by atoms with Gasteiger partial charge in [0.25, 0.3) is 5.91 Å². The summed E-state index contributed by atoms with van der Waals surface area (Å²) in [6, 6.07) is 6.29. The SMILES string of the molecule is CC(=O)c1ccc(NC(=O)COC(=O)CN2C(=O)[C@@H]3[C@H]4C[C@@H]([C@@H](Br)[C@H]4Br)[C@H]3C2=O)cc1. The van der Waals surface area contributed by atoms with Crippen LogP contribution >= 0.6 is 31.9 Å². The van der Waals surface area contributed by atoms with E-state index >= 15 is 0 Å². The molecule has 1 N–H and O–H groups in total. The van der Waals surface area contributed by atoms with E-state index in [1.54, 1.807) is 24.3 Å². The normalized spacial score (nSPS) is 31.0. The number of benzene rings is 1. The number of nitrogens with zero attached hydrogens (tertiary/aromatic N) is 1. The molecule has 0 aromatic heterocycles. The molecular formula is C21H20Br2N2O6. The van der Waals surface area contributed by atoms with Gasteiger partial charge in [0, 0.05) is 20.9 Å². The van der Waals surface area contributed by atoms with Crippen molar-refractivity contribution in [2.75, 3.05) is 18.5 Å². The van der Waals surface area contributed by atoms with Crippen LogP contribution in [0.15, 0.2) is 24.3 Å². The number of carbonyl (C=O) groups is 5. The van der Waals surface area contributed by atoms with Gasteiger partial charge in [0.2, 0.25) is 11.8 Å². The number of hydrogen-bond donors (Lipinski definition) is 1. The lowest BCUT2D eigenvalue weighted by molar-refractivity contribution is -0.154. The Morgan fingerprint density at radius 3 is 2.10 bits per heavy atom. The third-order valence-electron chi connectivity index (χ3n) is 6.31. The minimum Gasteiger partial charge on any atom is -0.454 e. The molecule has 1 aromatic carbocycles. The first-order valence-corrected chi connectivity index (χ1v) is 11.7. The molecule has 0 unspecified atom stereocenters. The predicted octanol–water partition coefficient (Wildman–Crippen LogP) is 2.15. The van der Waals surface area contributed by atoms with Gasteiger partial charge in [-0.25, -0.2) is 0 Å². The molecule has 2 aliphatic carbocycles. The molecule has 2 saturated carbocycles. The second-order valence-electron chi connectivity index (χ2n) is 8.11. The molecule has 3 aliphatic rings. The summed E-state index contributed by atoms with van der Waals surface area (Å²) in [5.41, 5.74) is 0.966. The van der Waals surface area contributed by atoms with Crippen molar-refractivity contribution in [2.24, 2.45) is 23.7 Å².